The van der Waals surface area contributed by atoms with E-state index in [0.29, 0.717) is 17.2 Å². The Hall–Kier alpha value is -3.41. The molecule has 2 atom stereocenters. The molecule has 0 aliphatic rings. The Morgan fingerprint density at radius 3 is 2.16 bits per heavy atom. The summed E-state index contributed by atoms with van der Waals surface area (Å²) >= 11 is 12.9. The quantitative estimate of drug-likeness (QED) is 0.210. The third-order valence-corrected chi connectivity index (χ3v) is 7.92. The lowest BCUT2D eigenvalue weighted by molar-refractivity contribution is -0.139. The van der Waals surface area contributed by atoms with Crippen LogP contribution in [0.3, 0.4) is 0 Å². The minimum atomic E-state index is -4.80. The highest BCUT2D eigenvalue weighted by atomic mass is 35.5. The molecule has 244 valence electrons. The van der Waals surface area contributed by atoms with Gasteiger partial charge in [0.15, 0.2) is 0 Å². The SMILES string of the molecule is Cc1cc(Cl)c(-c2cc(C)c(F)c([C@H](CC(=O)O)NC(=O)C(C(C)C)n3cc(CCN(C)C)c(C(F)(F)F)cc3=O)c2)c(Cl)c1. The molecule has 2 aromatic carbocycles. The number of nitrogens with zero attached hydrogens (tertiary/aromatic N) is 2. The highest BCUT2D eigenvalue weighted by molar-refractivity contribution is 6.39. The molecular formula is C32H35Cl2F4N3O4. The average molecular weight is 673 g/mol. The van der Waals surface area contributed by atoms with Crippen molar-refractivity contribution in [3.8, 4) is 11.1 Å². The van der Waals surface area contributed by atoms with E-state index in [-0.39, 0.29) is 39.7 Å². The molecular weight excluding hydrogens is 637 g/mol. The lowest BCUT2D eigenvalue weighted by Gasteiger charge is -2.28. The molecule has 13 heteroatoms. The summed E-state index contributed by atoms with van der Waals surface area (Å²) in [6.45, 7) is 6.68. The van der Waals surface area contributed by atoms with Crippen LogP contribution >= 0.6 is 23.2 Å². The van der Waals surface area contributed by atoms with Crippen molar-refractivity contribution >= 4 is 35.1 Å². The van der Waals surface area contributed by atoms with Gasteiger partial charge in [-0.15, -0.1) is 0 Å². The predicted molar refractivity (Wildman–Crippen MR) is 166 cm³/mol. The molecule has 0 saturated heterocycles. The number of pyridine rings is 1. The Morgan fingerprint density at radius 2 is 1.64 bits per heavy atom. The molecule has 3 rings (SSSR count). The fraction of sp³-hybridized carbons (Fsp3) is 0.406. The number of hydrogen-bond donors (Lipinski definition) is 2. The summed E-state index contributed by atoms with van der Waals surface area (Å²) in [5, 5.41) is 12.8. The maximum absolute atomic E-state index is 15.6. The number of benzene rings is 2. The van der Waals surface area contributed by atoms with Crippen molar-refractivity contribution in [2.75, 3.05) is 20.6 Å². The first kappa shape index (κ1) is 36.1. The molecule has 3 aromatic rings. The topological polar surface area (TPSA) is 91.6 Å². The minimum Gasteiger partial charge on any atom is -0.481 e. The van der Waals surface area contributed by atoms with Crippen LogP contribution in [0.1, 0.15) is 60.2 Å². The number of carbonyl (C=O) groups excluding carboxylic acids is 1. The van der Waals surface area contributed by atoms with Gasteiger partial charge in [-0.1, -0.05) is 37.0 Å². The van der Waals surface area contributed by atoms with Crippen LogP contribution in [0.5, 0.6) is 0 Å². The Morgan fingerprint density at radius 1 is 1.04 bits per heavy atom. The highest BCUT2D eigenvalue weighted by Crippen LogP contribution is 2.39. The number of aromatic nitrogens is 1. The smallest absolute Gasteiger partial charge is 0.416 e. The van der Waals surface area contributed by atoms with Gasteiger partial charge in [-0.2, -0.15) is 13.2 Å². The number of aryl methyl sites for hydroxylation is 2. The van der Waals surface area contributed by atoms with Crippen molar-refractivity contribution in [1.82, 2.24) is 14.8 Å². The summed E-state index contributed by atoms with van der Waals surface area (Å²) in [5.41, 5.74) is -0.826. The van der Waals surface area contributed by atoms with E-state index in [1.54, 1.807) is 51.9 Å². The van der Waals surface area contributed by atoms with Crippen LogP contribution in [0.2, 0.25) is 10.0 Å². The fourth-order valence-corrected chi connectivity index (χ4v) is 6.02. The molecule has 2 N–H and O–H groups in total. The Balaban J connectivity index is 2.14. The van der Waals surface area contributed by atoms with E-state index in [0.717, 1.165) is 16.3 Å². The molecule has 1 unspecified atom stereocenters. The lowest BCUT2D eigenvalue weighted by atomic mass is 9.93. The number of alkyl halides is 3. The standard InChI is InChI=1S/C32H35Cl2F4N3O4/c1-16(2)30(41-15-19(7-8-40(5)6)22(13-26(41)42)32(36,37)38)31(45)39-25(14-27(43)44)21-12-20(11-18(4)29(21)35)28-23(33)9-17(3)10-24(28)34/h9-13,15-16,25,30H,7-8,14H2,1-6H3,(H,39,45)(H,43,44)/t25-,30?/m0/s1. The largest absolute Gasteiger partial charge is 0.481 e. The zero-order chi connectivity index (χ0) is 34.0. The number of rotatable bonds is 11. The van der Waals surface area contributed by atoms with E-state index < -0.39 is 59.4 Å². The van der Waals surface area contributed by atoms with Crippen molar-refractivity contribution in [3.63, 3.8) is 0 Å². The Labute approximate surface area is 268 Å². The normalized spacial score (nSPS) is 13.3. The van der Waals surface area contributed by atoms with Gasteiger partial charge in [-0.25, -0.2) is 4.39 Å². The van der Waals surface area contributed by atoms with E-state index in [4.69, 9.17) is 23.2 Å². The van der Waals surface area contributed by atoms with Crippen LogP contribution in [0.25, 0.3) is 11.1 Å². The molecule has 0 bridgehead atoms. The third-order valence-electron chi connectivity index (χ3n) is 7.33. The summed E-state index contributed by atoms with van der Waals surface area (Å²) < 4.78 is 58.1. The van der Waals surface area contributed by atoms with E-state index in [9.17, 15) is 32.7 Å². The fourth-order valence-electron chi connectivity index (χ4n) is 5.21. The van der Waals surface area contributed by atoms with Gasteiger partial charge in [0, 0.05) is 29.9 Å². The van der Waals surface area contributed by atoms with E-state index >= 15 is 4.39 Å². The number of hydrogen-bond acceptors (Lipinski definition) is 4. The summed E-state index contributed by atoms with van der Waals surface area (Å²) in [6.07, 6.45) is -4.57. The molecule has 1 heterocycles. The van der Waals surface area contributed by atoms with E-state index in [1.165, 1.54) is 19.1 Å². The zero-order valence-electron chi connectivity index (χ0n) is 25.7. The van der Waals surface area contributed by atoms with Crippen molar-refractivity contribution in [2.24, 2.45) is 5.92 Å². The van der Waals surface area contributed by atoms with Gasteiger partial charge >= 0.3 is 12.1 Å². The first-order chi connectivity index (χ1) is 20.8. The minimum absolute atomic E-state index is 0.0579. The van der Waals surface area contributed by atoms with E-state index in [1.807, 2.05) is 0 Å². The highest BCUT2D eigenvalue weighted by Gasteiger charge is 2.36. The van der Waals surface area contributed by atoms with E-state index in [2.05, 4.69) is 5.32 Å². The second-order valence-electron chi connectivity index (χ2n) is 11.7. The summed E-state index contributed by atoms with van der Waals surface area (Å²) in [6, 6.07) is 3.88. The summed E-state index contributed by atoms with van der Waals surface area (Å²) in [5.74, 6) is -3.63. The molecule has 0 saturated carbocycles. The summed E-state index contributed by atoms with van der Waals surface area (Å²) in [4.78, 5) is 40.4. The van der Waals surface area contributed by atoms with Crippen LogP contribution in [0.15, 0.2) is 41.3 Å². The maximum atomic E-state index is 15.6. The number of carbonyl (C=O) groups is 2. The molecule has 0 aliphatic carbocycles. The molecule has 0 spiro atoms. The van der Waals surface area contributed by atoms with Crippen LogP contribution in [0, 0.1) is 25.6 Å². The zero-order valence-corrected chi connectivity index (χ0v) is 27.2. The second kappa shape index (κ2) is 14.3. The van der Waals surface area contributed by atoms with Crippen LogP contribution in [-0.2, 0) is 22.2 Å². The van der Waals surface area contributed by atoms with Crippen molar-refractivity contribution in [1.29, 1.82) is 0 Å². The third kappa shape index (κ3) is 8.65. The van der Waals surface area contributed by atoms with Gasteiger partial charge in [0.2, 0.25) is 5.91 Å². The van der Waals surface area contributed by atoms with Gasteiger partial charge in [0.05, 0.1) is 28.1 Å². The Kier molecular flexibility index (Phi) is 11.5. The number of carboxylic acid groups (broad SMARTS) is 1. The molecule has 0 fully saturated rings. The second-order valence-corrected chi connectivity index (χ2v) is 12.5. The number of nitrogens with one attached hydrogen (secondary N) is 1. The van der Waals surface area contributed by atoms with Crippen molar-refractivity contribution < 1.29 is 32.3 Å². The predicted octanol–water partition coefficient (Wildman–Crippen LogP) is 7.23. The Bertz CT molecular complexity index is 1630. The van der Waals surface area contributed by atoms with Gasteiger partial charge < -0.3 is 19.9 Å². The number of halogens is 6. The number of likely N-dealkylation sites (N-methyl/N-ethyl adjacent to an activating group) is 1. The monoisotopic (exact) mass is 671 g/mol. The molecule has 7 nitrogen and oxygen atoms in total. The lowest BCUT2D eigenvalue weighted by Crippen LogP contribution is -2.42. The average Bonchev–Trinajstić information content (AvgIpc) is 2.88. The number of aliphatic carboxylic acids is 1. The van der Waals surface area contributed by atoms with Crippen molar-refractivity contribution in [2.45, 2.75) is 58.8 Å². The van der Waals surface area contributed by atoms with Gasteiger partial charge in [-0.3, -0.25) is 14.4 Å². The van der Waals surface area contributed by atoms with Gasteiger partial charge in [0.25, 0.3) is 5.56 Å². The van der Waals surface area contributed by atoms with Gasteiger partial charge in [0.1, 0.15) is 11.9 Å². The first-order valence-electron chi connectivity index (χ1n) is 14.1. The summed E-state index contributed by atoms with van der Waals surface area (Å²) in [7, 11) is 3.37. The molecule has 1 amide bonds. The molecule has 0 radical (unpaired) electrons. The number of carboxylic acids is 1. The number of amides is 1. The van der Waals surface area contributed by atoms with Crippen molar-refractivity contribution in [3.05, 3.63) is 90.6 Å². The molecule has 1 aromatic heterocycles. The van der Waals surface area contributed by atoms with Crippen LogP contribution in [0.4, 0.5) is 17.6 Å². The van der Waals surface area contributed by atoms with Crippen LogP contribution < -0.4 is 10.9 Å². The van der Waals surface area contributed by atoms with Crippen LogP contribution in [-0.4, -0.2) is 47.1 Å². The molecule has 0 aliphatic heterocycles. The van der Waals surface area contributed by atoms with Gasteiger partial charge in [-0.05, 0) is 86.8 Å². The maximum Gasteiger partial charge on any atom is 0.416 e. The first-order valence-corrected chi connectivity index (χ1v) is 14.8. The molecule has 45 heavy (non-hydrogen) atoms.